The van der Waals surface area contributed by atoms with Gasteiger partial charge in [-0.2, -0.15) is 10.2 Å². The molecule has 178 valence electrons. The number of nitriles is 1. The molecule has 0 aliphatic heterocycles. The highest BCUT2D eigenvalue weighted by molar-refractivity contribution is 6.30. The number of ether oxygens (including phenoxy) is 1. The van der Waals surface area contributed by atoms with E-state index in [4.69, 9.17) is 21.6 Å². The number of pyridine rings is 1. The Balaban J connectivity index is 1.45. The van der Waals surface area contributed by atoms with Gasteiger partial charge in [-0.05, 0) is 55.0 Å². The van der Waals surface area contributed by atoms with Crippen LogP contribution in [-0.4, -0.2) is 24.1 Å². The number of aryl methyl sites for hydroxylation is 1. The highest BCUT2D eigenvalue weighted by Gasteiger charge is 2.16. The van der Waals surface area contributed by atoms with Crippen molar-refractivity contribution in [2.24, 2.45) is 0 Å². The molecule has 3 heterocycles. The molecule has 0 saturated heterocycles. The third-order valence-corrected chi connectivity index (χ3v) is 5.78. The molecule has 0 fully saturated rings. The lowest BCUT2D eigenvalue weighted by molar-refractivity contribution is 0.463. The average Bonchev–Trinajstić information content (AvgIpc) is 3.34. The van der Waals surface area contributed by atoms with E-state index in [-0.39, 0.29) is 5.56 Å². The van der Waals surface area contributed by atoms with Crippen LogP contribution in [-0.2, 0) is 13.1 Å². The van der Waals surface area contributed by atoms with E-state index in [2.05, 4.69) is 20.3 Å². The molecular formula is C26H20ClN7O2. The molecule has 3 aromatic heterocycles. The summed E-state index contributed by atoms with van der Waals surface area (Å²) in [6, 6.07) is 20.0. The zero-order chi connectivity index (χ0) is 25.1. The van der Waals surface area contributed by atoms with Crippen LogP contribution in [0.5, 0.6) is 11.6 Å². The van der Waals surface area contributed by atoms with Gasteiger partial charge < -0.3 is 14.6 Å². The Morgan fingerprint density at radius 1 is 1.06 bits per heavy atom. The van der Waals surface area contributed by atoms with Crippen molar-refractivity contribution in [3.05, 3.63) is 99.7 Å². The van der Waals surface area contributed by atoms with Gasteiger partial charge in [-0.15, -0.1) is 0 Å². The van der Waals surface area contributed by atoms with Crippen molar-refractivity contribution in [2.45, 2.75) is 20.0 Å². The molecule has 9 nitrogen and oxygen atoms in total. The lowest BCUT2D eigenvalue weighted by atomic mass is 10.2. The number of hydrogen-bond acceptors (Lipinski definition) is 7. The molecule has 10 heteroatoms. The summed E-state index contributed by atoms with van der Waals surface area (Å²) in [6.45, 7) is 3.00. The van der Waals surface area contributed by atoms with Crippen LogP contribution < -0.4 is 15.6 Å². The molecule has 0 spiro atoms. The van der Waals surface area contributed by atoms with Crippen LogP contribution in [0.1, 0.15) is 18.1 Å². The Morgan fingerprint density at radius 2 is 1.83 bits per heavy atom. The Kier molecular flexibility index (Phi) is 6.34. The minimum Gasteiger partial charge on any atom is -0.439 e. The van der Waals surface area contributed by atoms with Crippen molar-refractivity contribution in [3.63, 3.8) is 0 Å². The highest BCUT2D eigenvalue weighted by Crippen LogP contribution is 2.24. The Hall–Kier alpha value is -4.68. The minimum absolute atomic E-state index is 0.356. The zero-order valence-electron chi connectivity index (χ0n) is 19.2. The lowest BCUT2D eigenvalue weighted by Gasteiger charge is -2.15. The second-order valence-corrected chi connectivity index (χ2v) is 8.34. The third kappa shape index (κ3) is 4.76. The second kappa shape index (κ2) is 9.90. The Bertz CT molecular complexity index is 1620. The van der Waals surface area contributed by atoms with E-state index in [1.54, 1.807) is 35.2 Å². The van der Waals surface area contributed by atoms with Gasteiger partial charge in [0.2, 0.25) is 11.8 Å². The maximum absolute atomic E-state index is 12.9. The van der Waals surface area contributed by atoms with Gasteiger partial charge >= 0.3 is 5.56 Å². The molecule has 36 heavy (non-hydrogen) atoms. The van der Waals surface area contributed by atoms with E-state index in [1.807, 2.05) is 54.0 Å². The maximum atomic E-state index is 12.9. The van der Waals surface area contributed by atoms with E-state index < -0.39 is 0 Å². The maximum Gasteiger partial charge on any atom is 0.300 e. The predicted octanol–water partition coefficient (Wildman–Crippen LogP) is 5.12. The Labute approximate surface area is 211 Å². The normalized spacial score (nSPS) is 10.8. The van der Waals surface area contributed by atoms with Crippen molar-refractivity contribution in [1.29, 1.82) is 5.26 Å². The molecule has 5 rings (SSSR count). The fourth-order valence-electron chi connectivity index (χ4n) is 3.72. The Morgan fingerprint density at radius 3 is 2.50 bits per heavy atom. The molecule has 0 radical (unpaired) electrons. The summed E-state index contributed by atoms with van der Waals surface area (Å²) in [6.07, 6.45) is 3.10. The van der Waals surface area contributed by atoms with E-state index in [0.717, 1.165) is 5.56 Å². The number of aromatic nitrogens is 5. The summed E-state index contributed by atoms with van der Waals surface area (Å²) in [5.74, 6) is 1.32. The van der Waals surface area contributed by atoms with Crippen molar-refractivity contribution >= 4 is 34.4 Å². The number of rotatable bonds is 7. The monoisotopic (exact) mass is 497 g/mol. The summed E-state index contributed by atoms with van der Waals surface area (Å²) in [4.78, 5) is 25.9. The molecule has 0 aliphatic rings. The van der Waals surface area contributed by atoms with E-state index in [0.29, 0.717) is 58.1 Å². The van der Waals surface area contributed by atoms with Crippen LogP contribution in [0.3, 0.4) is 0 Å². The molecular weight excluding hydrogens is 478 g/mol. The molecule has 5 aromatic rings. The van der Waals surface area contributed by atoms with Crippen LogP contribution in [0, 0.1) is 11.3 Å². The fourth-order valence-corrected chi connectivity index (χ4v) is 3.84. The first-order chi connectivity index (χ1) is 17.5. The van der Waals surface area contributed by atoms with Crippen molar-refractivity contribution in [1.82, 2.24) is 24.1 Å². The van der Waals surface area contributed by atoms with Crippen LogP contribution in [0.15, 0.2) is 78.0 Å². The molecule has 0 atom stereocenters. The average molecular weight is 498 g/mol. The third-order valence-electron chi connectivity index (χ3n) is 5.53. The van der Waals surface area contributed by atoms with Crippen molar-refractivity contribution in [3.8, 4) is 17.7 Å². The molecule has 0 saturated carbocycles. The van der Waals surface area contributed by atoms with Gasteiger partial charge in [0.1, 0.15) is 11.8 Å². The topological polar surface area (TPSA) is 111 Å². The first-order valence-corrected chi connectivity index (χ1v) is 11.5. The van der Waals surface area contributed by atoms with Gasteiger partial charge in [-0.1, -0.05) is 23.7 Å². The molecule has 1 N–H and O–H groups in total. The summed E-state index contributed by atoms with van der Waals surface area (Å²) in [5.41, 5.74) is 2.79. The van der Waals surface area contributed by atoms with Gasteiger partial charge in [0.15, 0.2) is 11.2 Å². The van der Waals surface area contributed by atoms with E-state index >= 15 is 0 Å². The van der Waals surface area contributed by atoms with Gasteiger partial charge in [0.25, 0.3) is 0 Å². The van der Waals surface area contributed by atoms with Crippen LogP contribution in [0.25, 0.3) is 11.2 Å². The summed E-state index contributed by atoms with van der Waals surface area (Å²) < 4.78 is 9.40. The minimum atomic E-state index is -0.356. The number of anilines is 2. The molecule has 0 amide bonds. The lowest BCUT2D eigenvalue weighted by Crippen LogP contribution is -2.20. The van der Waals surface area contributed by atoms with Gasteiger partial charge in [-0.25, -0.2) is 9.97 Å². The quantitative estimate of drug-likeness (QED) is 0.332. The number of hydrogen-bond donors (Lipinski definition) is 1. The predicted molar refractivity (Wildman–Crippen MR) is 137 cm³/mol. The number of benzene rings is 2. The number of fused-ring (bicyclic) bond motifs is 1. The molecule has 0 aliphatic carbocycles. The zero-order valence-corrected chi connectivity index (χ0v) is 20.0. The SMILES string of the molecule is CCn1cnc2c1c(=O)nc(Nc1ccc(Oc3ccc(C#N)cn3)cc1)n2Cc1ccc(Cl)cc1. The van der Waals surface area contributed by atoms with Crippen molar-refractivity contribution < 1.29 is 4.74 Å². The van der Waals surface area contributed by atoms with Crippen LogP contribution >= 0.6 is 11.6 Å². The number of nitrogens with zero attached hydrogens (tertiary/aromatic N) is 6. The smallest absolute Gasteiger partial charge is 0.300 e. The summed E-state index contributed by atoms with van der Waals surface area (Å²) in [7, 11) is 0. The number of nitrogens with one attached hydrogen (secondary N) is 1. The number of halogens is 1. The fraction of sp³-hybridized carbons (Fsp3) is 0.115. The van der Waals surface area contributed by atoms with Crippen LogP contribution in [0.2, 0.25) is 5.02 Å². The largest absolute Gasteiger partial charge is 0.439 e. The van der Waals surface area contributed by atoms with E-state index in [9.17, 15) is 4.79 Å². The van der Waals surface area contributed by atoms with E-state index in [1.165, 1.54) is 6.20 Å². The van der Waals surface area contributed by atoms with Gasteiger partial charge in [-0.3, -0.25) is 9.36 Å². The summed E-state index contributed by atoms with van der Waals surface area (Å²) >= 11 is 6.05. The van der Waals surface area contributed by atoms with Crippen molar-refractivity contribution in [2.75, 3.05) is 5.32 Å². The van der Waals surface area contributed by atoms with Gasteiger partial charge in [0.05, 0.1) is 18.4 Å². The molecule has 2 aromatic carbocycles. The first kappa shape index (κ1) is 23.1. The highest BCUT2D eigenvalue weighted by atomic mass is 35.5. The van der Waals surface area contributed by atoms with Gasteiger partial charge in [0, 0.05) is 29.5 Å². The van der Waals surface area contributed by atoms with Crippen LogP contribution in [0.4, 0.5) is 11.6 Å². The summed E-state index contributed by atoms with van der Waals surface area (Å²) in [5, 5.41) is 12.8. The first-order valence-electron chi connectivity index (χ1n) is 11.2. The number of imidazole rings is 1. The second-order valence-electron chi connectivity index (χ2n) is 7.90. The standard InChI is InChI=1S/C26H20ClN7O2/c1-2-33-16-30-24-23(33)25(35)32-26(34(24)15-17-3-6-19(27)7-4-17)31-20-8-10-21(11-9-20)36-22-12-5-18(13-28)14-29-22/h3-12,14,16H,2,15H2,1H3,(H,31,32,35). The molecule has 0 bridgehead atoms. The molecule has 0 unspecified atom stereocenters.